The van der Waals surface area contributed by atoms with Crippen LogP contribution >= 0.6 is 15.0 Å². The van der Waals surface area contributed by atoms with E-state index in [1.54, 1.807) is 6.92 Å². The molecule has 1 atom stereocenters. The van der Waals surface area contributed by atoms with Crippen molar-refractivity contribution in [3.05, 3.63) is 0 Å². The Balaban J connectivity index is 0. The van der Waals surface area contributed by atoms with E-state index in [2.05, 4.69) is 0 Å². The first-order valence-electron chi connectivity index (χ1n) is 5.71. The smallest absolute Gasteiger partial charge is 0.335 e. The van der Waals surface area contributed by atoms with Crippen LogP contribution in [0, 0.1) is 0 Å². The molecule has 0 aromatic rings. The lowest BCUT2D eigenvalue weighted by Crippen LogP contribution is -2.01. The number of aliphatic hydroxyl groups excluding tert-OH is 1. The minimum absolute atomic E-state index is 0. The summed E-state index contributed by atoms with van der Waals surface area (Å²) >= 11 is 0. The van der Waals surface area contributed by atoms with Crippen molar-refractivity contribution in [2.45, 2.75) is 32.6 Å². The molecular formula is C9H24O7P2. The van der Waals surface area contributed by atoms with Gasteiger partial charge in [-0.15, -0.1) is 0 Å². The van der Waals surface area contributed by atoms with E-state index in [-0.39, 0.29) is 24.9 Å². The van der Waals surface area contributed by atoms with E-state index in [1.807, 2.05) is 0 Å². The highest BCUT2D eigenvalue weighted by atomic mass is 31.2. The van der Waals surface area contributed by atoms with Crippen molar-refractivity contribution < 1.29 is 34.0 Å². The molecule has 18 heavy (non-hydrogen) atoms. The van der Waals surface area contributed by atoms with Crippen molar-refractivity contribution in [3.8, 4) is 0 Å². The molecule has 0 aliphatic heterocycles. The van der Waals surface area contributed by atoms with Gasteiger partial charge in [0.25, 0.3) is 0 Å². The summed E-state index contributed by atoms with van der Waals surface area (Å²) in [6.45, 7) is 1.97. The zero-order valence-electron chi connectivity index (χ0n) is 10.6. The first-order chi connectivity index (χ1) is 7.83. The SMILES string of the molecule is CCOP(=O)(CCCCCCO)CP(=O)(O)O.O. The number of unbranched alkanes of at least 4 members (excludes halogenated alkanes) is 3. The summed E-state index contributed by atoms with van der Waals surface area (Å²) < 4.78 is 28.0. The van der Waals surface area contributed by atoms with Crippen LogP contribution in [0.5, 0.6) is 0 Å². The molecule has 7 nitrogen and oxygen atoms in total. The van der Waals surface area contributed by atoms with E-state index in [0.29, 0.717) is 12.8 Å². The van der Waals surface area contributed by atoms with Crippen LogP contribution in [0.4, 0.5) is 0 Å². The Morgan fingerprint density at radius 3 is 2.06 bits per heavy atom. The monoisotopic (exact) mass is 306 g/mol. The first-order valence-corrected chi connectivity index (χ1v) is 9.50. The lowest BCUT2D eigenvalue weighted by atomic mass is 10.2. The average molecular weight is 306 g/mol. The molecule has 0 spiro atoms. The Bertz CT molecular complexity index is 289. The molecule has 0 rings (SSSR count). The van der Waals surface area contributed by atoms with Gasteiger partial charge in [0.2, 0.25) is 7.37 Å². The fourth-order valence-electron chi connectivity index (χ4n) is 1.51. The maximum Gasteiger partial charge on any atom is 0.335 e. The van der Waals surface area contributed by atoms with Crippen molar-refractivity contribution in [2.75, 3.05) is 25.3 Å². The maximum absolute atomic E-state index is 12.1. The predicted octanol–water partition coefficient (Wildman–Crippen LogP) is 1.16. The third-order valence-electron chi connectivity index (χ3n) is 2.17. The topological polar surface area (TPSA) is 136 Å². The number of hydrogen-bond acceptors (Lipinski definition) is 4. The summed E-state index contributed by atoms with van der Waals surface area (Å²) in [5.74, 6) is -0.673. The van der Waals surface area contributed by atoms with E-state index in [1.165, 1.54) is 0 Å². The molecule has 1 unspecified atom stereocenters. The molecular weight excluding hydrogens is 282 g/mol. The molecule has 0 saturated carbocycles. The molecule has 0 amide bonds. The van der Waals surface area contributed by atoms with Gasteiger partial charge in [-0.25, -0.2) is 0 Å². The van der Waals surface area contributed by atoms with Crippen LogP contribution in [0.2, 0.25) is 0 Å². The molecule has 0 heterocycles. The van der Waals surface area contributed by atoms with E-state index in [0.717, 1.165) is 12.8 Å². The van der Waals surface area contributed by atoms with Crippen LogP contribution in [0.25, 0.3) is 0 Å². The fourth-order valence-corrected chi connectivity index (χ4v) is 5.95. The number of rotatable bonds is 10. The van der Waals surface area contributed by atoms with Gasteiger partial charge in [0.1, 0.15) is 5.90 Å². The minimum atomic E-state index is -4.31. The average Bonchev–Trinajstić information content (AvgIpc) is 2.14. The Morgan fingerprint density at radius 2 is 1.61 bits per heavy atom. The Kier molecular flexibility index (Phi) is 11.5. The second-order valence-corrected chi connectivity index (χ2v) is 8.70. The van der Waals surface area contributed by atoms with Gasteiger partial charge >= 0.3 is 7.60 Å². The van der Waals surface area contributed by atoms with E-state index in [4.69, 9.17) is 19.4 Å². The van der Waals surface area contributed by atoms with Gasteiger partial charge in [-0.2, -0.15) is 0 Å². The normalized spacial score (nSPS) is 14.9. The largest absolute Gasteiger partial charge is 0.412 e. The molecule has 0 fully saturated rings. The summed E-state index contributed by atoms with van der Waals surface area (Å²) in [7, 11) is -7.52. The van der Waals surface area contributed by atoms with Crippen LogP contribution < -0.4 is 0 Å². The maximum atomic E-state index is 12.1. The van der Waals surface area contributed by atoms with Crippen molar-refractivity contribution >= 4 is 15.0 Å². The highest BCUT2D eigenvalue weighted by Gasteiger charge is 2.31. The predicted molar refractivity (Wildman–Crippen MR) is 70.2 cm³/mol. The zero-order chi connectivity index (χ0) is 13.4. The third kappa shape index (κ3) is 11.4. The van der Waals surface area contributed by atoms with Gasteiger partial charge in [0.05, 0.1) is 6.61 Å². The Labute approximate surface area is 107 Å². The van der Waals surface area contributed by atoms with Gasteiger partial charge in [0.15, 0.2) is 0 Å². The first kappa shape index (κ1) is 20.6. The van der Waals surface area contributed by atoms with Gasteiger partial charge in [-0.3, -0.25) is 9.13 Å². The van der Waals surface area contributed by atoms with Gasteiger partial charge in [-0.05, 0) is 19.8 Å². The standard InChI is InChI=1S/C9H22O6P2.H2O/c1-2-15-16(11,9-17(12,13)14)8-6-4-3-5-7-10;/h10H,2-9H2,1H3,(H2,12,13,14);1H2. The van der Waals surface area contributed by atoms with E-state index >= 15 is 0 Å². The van der Waals surface area contributed by atoms with E-state index in [9.17, 15) is 9.13 Å². The molecule has 0 saturated heterocycles. The Morgan fingerprint density at radius 1 is 1.06 bits per heavy atom. The molecule has 0 radical (unpaired) electrons. The van der Waals surface area contributed by atoms with Gasteiger partial charge < -0.3 is 24.9 Å². The van der Waals surface area contributed by atoms with Crippen molar-refractivity contribution in [1.29, 1.82) is 0 Å². The quantitative estimate of drug-likeness (QED) is 0.409. The molecule has 0 aliphatic carbocycles. The number of aliphatic hydroxyl groups is 1. The fraction of sp³-hybridized carbons (Fsp3) is 1.00. The minimum Gasteiger partial charge on any atom is -0.412 e. The third-order valence-corrected chi connectivity index (χ3v) is 7.09. The summed E-state index contributed by atoms with van der Waals surface area (Å²) in [5, 5.41) is 8.58. The summed E-state index contributed by atoms with van der Waals surface area (Å²) in [5.41, 5.74) is 0. The second-order valence-electron chi connectivity index (χ2n) is 3.90. The van der Waals surface area contributed by atoms with Crippen molar-refractivity contribution in [2.24, 2.45) is 0 Å². The lowest BCUT2D eigenvalue weighted by molar-refractivity contribution is 0.282. The van der Waals surface area contributed by atoms with Crippen LogP contribution in [0.1, 0.15) is 32.6 Å². The summed E-state index contributed by atoms with van der Waals surface area (Å²) in [6.07, 6.45) is 3.07. The molecule has 0 bridgehead atoms. The molecule has 9 heteroatoms. The van der Waals surface area contributed by atoms with Crippen LogP contribution in [0.15, 0.2) is 0 Å². The van der Waals surface area contributed by atoms with Gasteiger partial charge in [-0.1, -0.05) is 12.8 Å². The summed E-state index contributed by atoms with van der Waals surface area (Å²) in [6, 6.07) is 0. The molecule has 112 valence electrons. The van der Waals surface area contributed by atoms with Crippen molar-refractivity contribution in [3.63, 3.8) is 0 Å². The highest BCUT2D eigenvalue weighted by molar-refractivity contribution is 7.73. The van der Waals surface area contributed by atoms with Crippen molar-refractivity contribution in [1.82, 2.24) is 0 Å². The molecule has 0 aromatic carbocycles. The van der Waals surface area contributed by atoms with Crippen LogP contribution in [-0.2, 0) is 13.7 Å². The number of hydrogen-bond donors (Lipinski definition) is 3. The molecule has 0 aliphatic rings. The zero-order valence-corrected chi connectivity index (χ0v) is 12.4. The second kappa shape index (κ2) is 10.1. The molecule has 5 N–H and O–H groups in total. The van der Waals surface area contributed by atoms with Crippen LogP contribution in [0.3, 0.4) is 0 Å². The molecule has 0 aromatic heterocycles. The Hall–Kier alpha value is 0.260. The van der Waals surface area contributed by atoms with Crippen LogP contribution in [-0.4, -0.2) is 45.6 Å². The summed E-state index contributed by atoms with van der Waals surface area (Å²) in [4.78, 5) is 17.7. The highest BCUT2D eigenvalue weighted by Crippen LogP contribution is 2.58. The lowest BCUT2D eigenvalue weighted by Gasteiger charge is -2.18. The van der Waals surface area contributed by atoms with E-state index < -0.39 is 20.9 Å². The van der Waals surface area contributed by atoms with Gasteiger partial charge in [0, 0.05) is 12.8 Å².